The van der Waals surface area contributed by atoms with Crippen molar-refractivity contribution >= 4 is 15.7 Å². The largest absolute Gasteiger partial charge is 0.431 e. The van der Waals surface area contributed by atoms with Crippen LogP contribution in [0.25, 0.3) is 5.82 Å². The second-order valence-corrected chi connectivity index (χ2v) is 12.3. The van der Waals surface area contributed by atoms with Crippen LogP contribution in [0.3, 0.4) is 0 Å². The van der Waals surface area contributed by atoms with Crippen LogP contribution < -0.4 is 10.1 Å². The van der Waals surface area contributed by atoms with Gasteiger partial charge in [0.1, 0.15) is 21.4 Å². The number of carbonyl (C=O) groups is 1. The molecule has 0 bridgehead atoms. The summed E-state index contributed by atoms with van der Waals surface area (Å²) in [7, 11) is -3.10. The Morgan fingerprint density at radius 2 is 1.87 bits per heavy atom. The Bertz CT molecular complexity index is 1270. The first-order valence-electron chi connectivity index (χ1n) is 12.7. The molecule has 0 radical (unpaired) electrons. The van der Waals surface area contributed by atoms with Crippen LogP contribution in [0.5, 0.6) is 5.75 Å². The fourth-order valence-corrected chi connectivity index (χ4v) is 5.92. The second-order valence-electron chi connectivity index (χ2n) is 10.0. The maximum atomic E-state index is 13.2. The molecule has 1 aliphatic rings. The number of rotatable bonds is 10. The monoisotopic (exact) mass is 580 g/mol. The third-order valence-electron chi connectivity index (χ3n) is 7.08. The summed E-state index contributed by atoms with van der Waals surface area (Å²) in [5.74, 6) is -2.31. The van der Waals surface area contributed by atoms with Crippen LogP contribution in [0.4, 0.5) is 22.0 Å². The van der Waals surface area contributed by atoms with Crippen LogP contribution in [0.1, 0.15) is 67.1 Å². The topological polar surface area (TPSA) is 103 Å². The zero-order valence-electron chi connectivity index (χ0n) is 22.2. The van der Waals surface area contributed by atoms with Gasteiger partial charge in [-0.1, -0.05) is 13.8 Å². The van der Waals surface area contributed by atoms with Gasteiger partial charge in [-0.05, 0) is 56.6 Å². The summed E-state index contributed by atoms with van der Waals surface area (Å²) in [6.45, 7) is 1.36. The number of aryl methyl sites for hydroxylation is 1. The number of halogens is 5. The number of nitrogens with one attached hydrogen (secondary N) is 1. The molecule has 0 aliphatic heterocycles. The summed E-state index contributed by atoms with van der Waals surface area (Å²) >= 11 is 0. The van der Waals surface area contributed by atoms with E-state index in [4.69, 9.17) is 0 Å². The summed E-state index contributed by atoms with van der Waals surface area (Å²) in [4.78, 5) is 21.5. The molecule has 1 unspecified atom stereocenters. The van der Waals surface area contributed by atoms with Crippen LogP contribution in [0, 0.1) is 18.8 Å². The highest BCUT2D eigenvalue weighted by Crippen LogP contribution is 2.32. The minimum atomic E-state index is -4.46. The van der Waals surface area contributed by atoms with Gasteiger partial charge in [-0.25, -0.2) is 18.4 Å². The number of hydrogen-bond acceptors (Lipinski definition) is 6. The zero-order chi connectivity index (χ0) is 29.1. The van der Waals surface area contributed by atoms with Crippen LogP contribution in [-0.4, -0.2) is 59.7 Å². The molecule has 2 heterocycles. The van der Waals surface area contributed by atoms with Crippen LogP contribution in [0.2, 0.25) is 0 Å². The predicted octanol–water partition coefficient (Wildman–Crippen LogP) is 4.81. The van der Waals surface area contributed by atoms with Gasteiger partial charge in [-0.2, -0.15) is 22.0 Å². The fraction of sp³-hybridized carbons (Fsp3) is 0.640. The molecule has 1 saturated carbocycles. The number of nitrogens with zero attached hydrogens (tertiary/aromatic N) is 3. The number of ether oxygens (including phenoxy) is 1. The summed E-state index contributed by atoms with van der Waals surface area (Å²) in [5.41, 5.74) is 0.419. The minimum absolute atomic E-state index is 0.0521. The number of aromatic nitrogens is 3. The number of alkyl halides is 5. The van der Waals surface area contributed by atoms with Gasteiger partial charge in [0.25, 0.3) is 5.91 Å². The van der Waals surface area contributed by atoms with E-state index in [1.807, 2.05) is 0 Å². The van der Waals surface area contributed by atoms with Crippen molar-refractivity contribution in [3.8, 4) is 11.6 Å². The van der Waals surface area contributed by atoms with E-state index in [2.05, 4.69) is 20.0 Å². The van der Waals surface area contributed by atoms with Gasteiger partial charge in [-0.3, -0.25) is 9.36 Å². The van der Waals surface area contributed by atoms with Crippen molar-refractivity contribution in [3.05, 3.63) is 35.0 Å². The van der Waals surface area contributed by atoms with E-state index < -0.39 is 46.6 Å². The van der Waals surface area contributed by atoms with Gasteiger partial charge in [0, 0.05) is 25.4 Å². The SMILES string of the molecule is CCc1nc(C(=O)NCC2CCC(S(C)(=O)=O)CC2)c(C)n1-c1ncc(CC(C)C(F)(F)F)cc1OC(F)F. The first-order valence-corrected chi connectivity index (χ1v) is 14.6. The first-order chi connectivity index (χ1) is 18.1. The number of carbonyl (C=O) groups excluding carboxylic acids is 1. The highest BCUT2D eigenvalue weighted by atomic mass is 32.2. The lowest BCUT2D eigenvalue weighted by Crippen LogP contribution is -2.34. The van der Waals surface area contributed by atoms with Gasteiger partial charge >= 0.3 is 12.8 Å². The predicted molar refractivity (Wildman–Crippen MR) is 134 cm³/mol. The molecule has 8 nitrogen and oxygen atoms in total. The molecular formula is C25H33F5N4O4S. The van der Waals surface area contributed by atoms with Crippen LogP contribution in [-0.2, 0) is 22.7 Å². The van der Waals surface area contributed by atoms with Crippen LogP contribution in [0.15, 0.2) is 12.3 Å². The van der Waals surface area contributed by atoms with E-state index in [-0.39, 0.29) is 28.2 Å². The Morgan fingerprint density at radius 1 is 1.23 bits per heavy atom. The molecule has 14 heteroatoms. The minimum Gasteiger partial charge on any atom is -0.431 e. The quantitative estimate of drug-likeness (QED) is 0.405. The van der Waals surface area contributed by atoms with Crippen LogP contribution >= 0.6 is 0 Å². The summed E-state index contributed by atoms with van der Waals surface area (Å²) in [6.07, 6.45) is 0.133. The molecule has 2 aromatic rings. The number of amides is 1. The Kier molecular flexibility index (Phi) is 9.60. The molecule has 1 fully saturated rings. The van der Waals surface area contributed by atoms with E-state index in [1.54, 1.807) is 13.8 Å². The molecular weight excluding hydrogens is 547 g/mol. The van der Waals surface area contributed by atoms with E-state index >= 15 is 0 Å². The molecule has 3 rings (SSSR count). The Balaban J connectivity index is 1.83. The molecule has 39 heavy (non-hydrogen) atoms. The van der Waals surface area contributed by atoms with Crippen molar-refractivity contribution in [1.29, 1.82) is 0 Å². The first kappa shape index (κ1) is 30.8. The Hall–Kier alpha value is -2.77. The lowest BCUT2D eigenvalue weighted by molar-refractivity contribution is -0.169. The number of sulfone groups is 1. The van der Waals surface area contributed by atoms with Crippen molar-refractivity contribution in [2.24, 2.45) is 11.8 Å². The lowest BCUT2D eigenvalue weighted by Gasteiger charge is -2.27. The molecule has 0 aromatic carbocycles. The molecule has 1 amide bonds. The summed E-state index contributed by atoms with van der Waals surface area (Å²) < 4.78 is 95.1. The van der Waals surface area contributed by atoms with Gasteiger partial charge in [0.2, 0.25) is 0 Å². The highest BCUT2D eigenvalue weighted by Gasteiger charge is 2.36. The third kappa shape index (κ3) is 7.67. The van der Waals surface area contributed by atoms with Gasteiger partial charge in [-0.15, -0.1) is 0 Å². The summed E-state index contributed by atoms with van der Waals surface area (Å²) in [6, 6.07) is 1.10. The Labute approximate surface area is 224 Å². The molecule has 0 spiro atoms. The normalized spacial score (nSPS) is 19.2. The van der Waals surface area contributed by atoms with Crippen molar-refractivity contribution in [2.45, 2.75) is 77.3 Å². The molecule has 2 aromatic heterocycles. The zero-order valence-corrected chi connectivity index (χ0v) is 23.0. The molecule has 1 aliphatic carbocycles. The maximum Gasteiger partial charge on any atom is 0.391 e. The van der Waals surface area contributed by atoms with Gasteiger partial charge in [0.05, 0.1) is 16.9 Å². The molecule has 1 atom stereocenters. The Morgan fingerprint density at radius 3 is 2.41 bits per heavy atom. The van der Waals surface area contributed by atoms with Gasteiger partial charge < -0.3 is 10.1 Å². The van der Waals surface area contributed by atoms with Crippen molar-refractivity contribution < 1.29 is 39.9 Å². The molecule has 218 valence electrons. The van der Waals surface area contributed by atoms with E-state index in [1.165, 1.54) is 17.0 Å². The van der Waals surface area contributed by atoms with Crippen molar-refractivity contribution in [1.82, 2.24) is 19.9 Å². The van der Waals surface area contributed by atoms with E-state index in [0.717, 1.165) is 13.0 Å². The molecule has 1 N–H and O–H groups in total. The average Bonchev–Trinajstić information content (AvgIpc) is 3.17. The standard InChI is InChI=1S/C25H33F5N4O4S/c1-5-20-33-21(23(35)32-12-16-6-8-18(9-7-16)39(4,36)37)15(3)34(20)22-19(38-24(26)27)11-17(13-31-22)10-14(2)25(28,29)30/h11,13-14,16,18,24H,5-10,12H2,1-4H3,(H,32,35). The molecule has 0 saturated heterocycles. The van der Waals surface area contributed by atoms with Crippen molar-refractivity contribution in [2.75, 3.05) is 12.8 Å². The average molecular weight is 581 g/mol. The maximum absolute atomic E-state index is 13.2. The van der Waals surface area contributed by atoms with E-state index in [9.17, 15) is 35.2 Å². The van der Waals surface area contributed by atoms with Gasteiger partial charge in [0.15, 0.2) is 11.6 Å². The third-order valence-corrected chi connectivity index (χ3v) is 8.76. The van der Waals surface area contributed by atoms with Crippen molar-refractivity contribution in [3.63, 3.8) is 0 Å². The smallest absolute Gasteiger partial charge is 0.391 e. The number of pyridine rings is 1. The summed E-state index contributed by atoms with van der Waals surface area (Å²) in [5, 5.41) is 2.46. The fourth-order valence-electron chi connectivity index (χ4n) is 4.79. The second kappa shape index (κ2) is 12.2. The number of imidazole rings is 1. The lowest BCUT2D eigenvalue weighted by atomic mass is 9.89. The van der Waals surface area contributed by atoms with E-state index in [0.29, 0.717) is 50.2 Å². The number of hydrogen-bond donors (Lipinski definition) is 1. The highest BCUT2D eigenvalue weighted by molar-refractivity contribution is 7.91.